The smallest absolute Gasteiger partial charge is 0.222 e. The van der Waals surface area contributed by atoms with Crippen LogP contribution in [0.25, 0.3) is 33.2 Å². The molecular formula is C37H34N2O2S. The number of hydrogen-bond donors (Lipinski definition) is 0. The zero-order valence-corrected chi connectivity index (χ0v) is 25.1. The lowest BCUT2D eigenvalue weighted by atomic mass is 9.63. The van der Waals surface area contributed by atoms with E-state index in [0.29, 0.717) is 6.42 Å². The van der Waals surface area contributed by atoms with Crippen molar-refractivity contribution in [3.8, 4) is 28.0 Å². The van der Waals surface area contributed by atoms with E-state index in [1.807, 2.05) is 24.1 Å². The van der Waals surface area contributed by atoms with E-state index < -0.39 is 0 Å². The predicted octanol–water partition coefficient (Wildman–Crippen LogP) is 8.55. The molecule has 4 aromatic carbocycles. The first-order valence-electron chi connectivity index (χ1n) is 14.7. The van der Waals surface area contributed by atoms with Gasteiger partial charge in [0.15, 0.2) is 0 Å². The fourth-order valence-corrected chi connectivity index (χ4v) is 8.16. The molecule has 2 atom stereocenters. The first kappa shape index (κ1) is 26.8. The summed E-state index contributed by atoms with van der Waals surface area (Å²) in [5, 5.41) is 2.12. The van der Waals surface area contributed by atoms with Gasteiger partial charge in [-0.3, -0.25) is 4.79 Å². The maximum absolute atomic E-state index is 12.5. The van der Waals surface area contributed by atoms with Crippen LogP contribution in [0.3, 0.4) is 0 Å². The summed E-state index contributed by atoms with van der Waals surface area (Å²) < 4.78 is 5.47. The Hall–Kier alpha value is -4.09. The second kappa shape index (κ2) is 10.6. The fourth-order valence-electron chi connectivity index (χ4n) is 7.13. The van der Waals surface area contributed by atoms with Crippen LogP contribution in [0, 0.1) is 0 Å². The van der Waals surface area contributed by atoms with Crippen molar-refractivity contribution in [3.05, 3.63) is 108 Å². The highest BCUT2D eigenvalue weighted by atomic mass is 32.2. The maximum atomic E-state index is 12.5. The van der Waals surface area contributed by atoms with E-state index in [2.05, 4.69) is 91.9 Å². The molecule has 1 aliphatic heterocycles. The molecule has 1 fully saturated rings. The van der Waals surface area contributed by atoms with Crippen molar-refractivity contribution in [2.45, 2.75) is 54.0 Å². The van der Waals surface area contributed by atoms with Gasteiger partial charge in [0, 0.05) is 46.3 Å². The molecule has 0 bridgehead atoms. The zero-order valence-electron chi connectivity index (χ0n) is 24.3. The first-order valence-corrected chi connectivity index (χ1v) is 15.5. The fraction of sp³-hybridized carbons (Fsp3) is 0.243. The molecule has 2 aliphatic rings. The van der Waals surface area contributed by atoms with Crippen LogP contribution in [0.1, 0.15) is 37.3 Å². The predicted molar refractivity (Wildman–Crippen MR) is 171 cm³/mol. The number of ether oxygens (including phenoxy) is 1. The number of aromatic nitrogens is 1. The second-order valence-corrected chi connectivity index (χ2v) is 12.7. The molecule has 1 aliphatic carbocycles. The monoisotopic (exact) mass is 570 g/mol. The number of likely N-dealkylation sites (tertiary alicyclic amines) is 1. The van der Waals surface area contributed by atoms with Gasteiger partial charge in [0.1, 0.15) is 10.8 Å². The number of aryl methyl sites for hydroxylation is 1. The Kier molecular flexibility index (Phi) is 6.78. The van der Waals surface area contributed by atoms with Gasteiger partial charge >= 0.3 is 0 Å². The van der Waals surface area contributed by atoms with Crippen molar-refractivity contribution in [2.75, 3.05) is 14.2 Å². The Morgan fingerprint density at radius 3 is 2.40 bits per heavy atom. The standard InChI is InChI=1S/C37H34N2O2S/c1-37-22-21-33(40)39(2)32(37)20-15-26-23-28(18-19-30(26)37)42-36-35(24-9-5-4-6-10-24)34(25-13-16-27(41-3)17-14-25)29-11-7-8-12-31(29)38-36/h4-14,16-19,23,32H,15,20-22H2,1-3H3/t32-,37-/m1/s1. The first-order chi connectivity index (χ1) is 20.5. The topological polar surface area (TPSA) is 42.4 Å². The third-order valence-electron chi connectivity index (χ3n) is 9.35. The van der Waals surface area contributed by atoms with Crippen LogP contribution in [0.2, 0.25) is 0 Å². The normalized spacial score (nSPS) is 19.8. The van der Waals surface area contributed by atoms with E-state index in [4.69, 9.17) is 9.72 Å². The van der Waals surface area contributed by atoms with Gasteiger partial charge in [-0.15, -0.1) is 0 Å². The van der Waals surface area contributed by atoms with Crippen molar-refractivity contribution in [1.82, 2.24) is 9.88 Å². The Morgan fingerprint density at radius 1 is 0.881 bits per heavy atom. The van der Waals surface area contributed by atoms with Crippen LogP contribution in [-0.4, -0.2) is 36.0 Å². The lowest BCUT2D eigenvalue weighted by molar-refractivity contribution is -0.138. The second-order valence-electron chi connectivity index (χ2n) is 11.7. The van der Waals surface area contributed by atoms with Gasteiger partial charge in [0.2, 0.25) is 5.91 Å². The number of amides is 1. The molecular weight excluding hydrogens is 536 g/mol. The summed E-state index contributed by atoms with van der Waals surface area (Å²) in [6.45, 7) is 2.35. The molecule has 42 heavy (non-hydrogen) atoms. The van der Waals surface area contributed by atoms with Crippen LogP contribution < -0.4 is 4.74 Å². The van der Waals surface area contributed by atoms with E-state index in [0.717, 1.165) is 57.6 Å². The van der Waals surface area contributed by atoms with Gasteiger partial charge in [-0.1, -0.05) is 85.4 Å². The van der Waals surface area contributed by atoms with Gasteiger partial charge < -0.3 is 9.64 Å². The lowest BCUT2D eigenvalue weighted by Crippen LogP contribution is -2.56. The molecule has 0 N–H and O–H groups in total. The number of carbonyl (C=O) groups excluding carboxylic acids is 1. The molecule has 1 aromatic heterocycles. The minimum Gasteiger partial charge on any atom is -0.497 e. The van der Waals surface area contributed by atoms with Gasteiger partial charge in [0.05, 0.1) is 12.6 Å². The summed E-state index contributed by atoms with van der Waals surface area (Å²) >= 11 is 1.74. The van der Waals surface area contributed by atoms with Gasteiger partial charge in [-0.25, -0.2) is 4.98 Å². The van der Waals surface area contributed by atoms with Crippen molar-refractivity contribution in [1.29, 1.82) is 0 Å². The lowest BCUT2D eigenvalue weighted by Gasteiger charge is -2.50. The van der Waals surface area contributed by atoms with Gasteiger partial charge in [-0.2, -0.15) is 0 Å². The summed E-state index contributed by atoms with van der Waals surface area (Å²) in [6, 6.07) is 34.6. The number of nitrogens with zero attached hydrogens (tertiary/aromatic N) is 2. The number of pyridine rings is 1. The van der Waals surface area contributed by atoms with E-state index in [9.17, 15) is 4.79 Å². The number of likely N-dealkylation sites (N-methyl/N-ethyl adjacent to an activating group) is 1. The van der Waals surface area contributed by atoms with Crippen molar-refractivity contribution < 1.29 is 9.53 Å². The molecule has 7 rings (SSSR count). The number of rotatable bonds is 5. The number of piperidine rings is 1. The molecule has 2 heterocycles. The van der Waals surface area contributed by atoms with Crippen LogP contribution in [0.15, 0.2) is 107 Å². The Morgan fingerprint density at radius 2 is 1.62 bits per heavy atom. The highest BCUT2D eigenvalue weighted by molar-refractivity contribution is 7.99. The average molecular weight is 571 g/mol. The molecule has 0 radical (unpaired) electrons. The zero-order chi connectivity index (χ0) is 28.8. The van der Waals surface area contributed by atoms with E-state index in [-0.39, 0.29) is 17.4 Å². The third-order valence-corrected chi connectivity index (χ3v) is 10.3. The van der Waals surface area contributed by atoms with Crippen LogP contribution in [-0.2, 0) is 16.6 Å². The molecule has 0 saturated carbocycles. The average Bonchev–Trinajstić information content (AvgIpc) is 3.03. The summed E-state index contributed by atoms with van der Waals surface area (Å²) in [5.41, 5.74) is 8.38. The largest absolute Gasteiger partial charge is 0.497 e. The summed E-state index contributed by atoms with van der Waals surface area (Å²) in [7, 11) is 3.68. The van der Waals surface area contributed by atoms with Crippen LogP contribution in [0.5, 0.6) is 5.75 Å². The number of methoxy groups -OCH3 is 1. The van der Waals surface area contributed by atoms with E-state index in [1.54, 1.807) is 18.9 Å². The highest BCUT2D eigenvalue weighted by Gasteiger charge is 2.46. The minimum atomic E-state index is -0.00261. The Balaban J connectivity index is 1.37. The molecule has 4 nitrogen and oxygen atoms in total. The number of benzene rings is 4. The number of fused-ring (bicyclic) bond motifs is 4. The molecule has 0 spiro atoms. The highest BCUT2D eigenvalue weighted by Crippen LogP contribution is 2.48. The maximum Gasteiger partial charge on any atom is 0.222 e. The molecule has 0 unspecified atom stereocenters. The SMILES string of the molecule is COc1ccc(-c2c(-c3ccccc3)c(Sc3ccc4c(c3)CC[C@H]3N(C)C(=O)CC[C@]43C)nc3ccccc23)cc1. The Bertz CT molecular complexity index is 1800. The summed E-state index contributed by atoms with van der Waals surface area (Å²) in [4.78, 5) is 20.9. The summed E-state index contributed by atoms with van der Waals surface area (Å²) in [6.07, 6.45) is 3.52. The molecule has 5 heteroatoms. The molecule has 1 amide bonds. The van der Waals surface area contributed by atoms with E-state index >= 15 is 0 Å². The van der Waals surface area contributed by atoms with Crippen LogP contribution >= 0.6 is 11.8 Å². The third kappa shape index (κ3) is 4.47. The molecule has 5 aromatic rings. The molecule has 1 saturated heterocycles. The quantitative estimate of drug-likeness (QED) is 0.212. The van der Waals surface area contributed by atoms with Crippen molar-refractivity contribution in [2.24, 2.45) is 0 Å². The van der Waals surface area contributed by atoms with Crippen LogP contribution in [0.4, 0.5) is 0 Å². The van der Waals surface area contributed by atoms with Gasteiger partial charge in [-0.05, 0) is 71.8 Å². The Labute approximate surface area is 251 Å². The minimum absolute atomic E-state index is 0.00261. The van der Waals surface area contributed by atoms with E-state index in [1.165, 1.54) is 21.6 Å². The molecule has 210 valence electrons. The number of carbonyl (C=O) groups is 1. The van der Waals surface area contributed by atoms with Crippen molar-refractivity contribution >= 4 is 28.6 Å². The number of para-hydroxylation sites is 1. The van der Waals surface area contributed by atoms with Crippen molar-refractivity contribution in [3.63, 3.8) is 0 Å². The summed E-state index contributed by atoms with van der Waals surface area (Å²) in [5.74, 6) is 1.11. The number of hydrogen-bond acceptors (Lipinski definition) is 4. The van der Waals surface area contributed by atoms with Gasteiger partial charge in [0.25, 0.3) is 0 Å².